The maximum atomic E-state index is 9.69. The molecule has 2 nitrogen and oxygen atoms in total. The van der Waals surface area contributed by atoms with Crippen LogP contribution in [0.5, 0.6) is 0 Å². The van der Waals surface area contributed by atoms with Crippen molar-refractivity contribution in [3.05, 3.63) is 48.5 Å². The van der Waals surface area contributed by atoms with E-state index in [4.69, 9.17) is 6.42 Å². The summed E-state index contributed by atoms with van der Waals surface area (Å²) in [4.78, 5) is 0. The van der Waals surface area contributed by atoms with Crippen LogP contribution in [0, 0.1) is 12.3 Å². The van der Waals surface area contributed by atoms with Crippen molar-refractivity contribution < 1.29 is 5.11 Å². The third kappa shape index (κ3) is 1.57. The number of hydrogen-bond acceptors (Lipinski definition) is 1. The minimum Gasteiger partial charge on any atom is -0.378 e. The first-order chi connectivity index (χ1) is 8.81. The zero-order valence-corrected chi connectivity index (χ0v) is 9.88. The van der Waals surface area contributed by atoms with Crippen LogP contribution < -0.4 is 0 Å². The lowest BCUT2D eigenvalue weighted by Crippen LogP contribution is -2.13. The van der Waals surface area contributed by atoms with Gasteiger partial charge in [-0.3, -0.25) is 0 Å². The summed E-state index contributed by atoms with van der Waals surface area (Å²) >= 11 is 0. The first-order valence-corrected chi connectivity index (χ1v) is 5.91. The summed E-state index contributed by atoms with van der Waals surface area (Å²) in [6.07, 6.45) is 4.50. The van der Waals surface area contributed by atoms with Crippen LogP contribution in [0.2, 0.25) is 0 Å². The summed E-state index contributed by atoms with van der Waals surface area (Å²) in [7, 11) is 0. The lowest BCUT2D eigenvalue weighted by Gasteiger charge is -2.08. The van der Waals surface area contributed by atoms with Gasteiger partial charge in [-0.1, -0.05) is 42.3 Å². The Kier molecular flexibility index (Phi) is 2.55. The van der Waals surface area contributed by atoms with E-state index in [1.807, 2.05) is 24.3 Å². The molecule has 1 N–H and O–H groups in total. The molecule has 0 saturated heterocycles. The highest BCUT2D eigenvalue weighted by Gasteiger charge is 2.11. The number of terminal acetylenes is 1. The fourth-order valence-corrected chi connectivity index (χ4v) is 2.43. The molecule has 0 saturated carbocycles. The van der Waals surface area contributed by atoms with Gasteiger partial charge in [0.05, 0.1) is 6.54 Å². The lowest BCUT2D eigenvalue weighted by molar-refractivity contribution is 0.214. The van der Waals surface area contributed by atoms with Crippen LogP contribution in [0.25, 0.3) is 21.8 Å². The van der Waals surface area contributed by atoms with E-state index in [-0.39, 0.29) is 0 Å². The van der Waals surface area contributed by atoms with E-state index in [2.05, 4.69) is 34.8 Å². The monoisotopic (exact) mass is 235 g/mol. The molecule has 1 unspecified atom stereocenters. The summed E-state index contributed by atoms with van der Waals surface area (Å²) in [5.41, 5.74) is 2.21. The summed E-state index contributed by atoms with van der Waals surface area (Å²) in [5, 5.41) is 12.1. The second-order valence-corrected chi connectivity index (χ2v) is 4.33. The van der Waals surface area contributed by atoms with Crippen molar-refractivity contribution in [3.8, 4) is 12.3 Å². The Hall–Kier alpha value is -2.24. The van der Waals surface area contributed by atoms with Crippen molar-refractivity contribution >= 4 is 21.8 Å². The molecule has 0 aliphatic carbocycles. The number of para-hydroxylation sites is 2. The van der Waals surface area contributed by atoms with Gasteiger partial charge in [0.15, 0.2) is 0 Å². The first-order valence-electron chi connectivity index (χ1n) is 5.91. The lowest BCUT2D eigenvalue weighted by atomic mass is 10.2. The van der Waals surface area contributed by atoms with Crippen molar-refractivity contribution in [3.63, 3.8) is 0 Å². The summed E-state index contributed by atoms with van der Waals surface area (Å²) in [6, 6.07) is 16.3. The summed E-state index contributed by atoms with van der Waals surface area (Å²) < 4.78 is 2.08. The molecule has 0 amide bonds. The third-order valence-corrected chi connectivity index (χ3v) is 3.23. The molecule has 0 aliphatic rings. The third-order valence-electron chi connectivity index (χ3n) is 3.23. The molecule has 3 rings (SSSR count). The minimum atomic E-state index is -0.760. The fourth-order valence-electron chi connectivity index (χ4n) is 2.43. The van der Waals surface area contributed by atoms with Crippen LogP contribution >= 0.6 is 0 Å². The minimum absolute atomic E-state index is 0.421. The molecule has 0 spiro atoms. The van der Waals surface area contributed by atoms with Gasteiger partial charge < -0.3 is 9.67 Å². The molecule has 1 atom stereocenters. The van der Waals surface area contributed by atoms with Crippen LogP contribution in [0.4, 0.5) is 0 Å². The van der Waals surface area contributed by atoms with E-state index in [1.54, 1.807) is 0 Å². The number of aliphatic hydroxyl groups excluding tert-OH is 1. The van der Waals surface area contributed by atoms with E-state index in [0.29, 0.717) is 6.54 Å². The van der Waals surface area contributed by atoms with Crippen molar-refractivity contribution in [2.24, 2.45) is 0 Å². The maximum absolute atomic E-state index is 9.69. The number of benzene rings is 2. The molecule has 2 aromatic carbocycles. The van der Waals surface area contributed by atoms with E-state index in [0.717, 1.165) is 11.0 Å². The van der Waals surface area contributed by atoms with Gasteiger partial charge in [0, 0.05) is 21.8 Å². The molecule has 1 aromatic heterocycles. The van der Waals surface area contributed by atoms with Gasteiger partial charge in [0.25, 0.3) is 0 Å². The smallest absolute Gasteiger partial charge is 0.132 e. The Bertz CT molecular complexity index is 695. The molecule has 1 heterocycles. The quantitative estimate of drug-likeness (QED) is 0.679. The molecule has 3 aromatic rings. The molecule has 0 bridgehead atoms. The zero-order chi connectivity index (χ0) is 12.5. The highest BCUT2D eigenvalue weighted by atomic mass is 16.3. The van der Waals surface area contributed by atoms with E-state index in [1.165, 1.54) is 10.8 Å². The number of fused-ring (bicyclic) bond motifs is 3. The van der Waals surface area contributed by atoms with Crippen molar-refractivity contribution in [1.82, 2.24) is 4.57 Å². The average molecular weight is 235 g/mol. The van der Waals surface area contributed by atoms with Crippen LogP contribution in [-0.2, 0) is 6.54 Å². The van der Waals surface area contributed by atoms with Crippen molar-refractivity contribution in [1.29, 1.82) is 0 Å². The van der Waals surface area contributed by atoms with Crippen molar-refractivity contribution in [2.45, 2.75) is 12.6 Å². The highest BCUT2D eigenvalue weighted by molar-refractivity contribution is 6.07. The molecular weight excluding hydrogens is 222 g/mol. The van der Waals surface area contributed by atoms with Gasteiger partial charge in [-0.05, 0) is 12.1 Å². The van der Waals surface area contributed by atoms with Crippen LogP contribution in [0.3, 0.4) is 0 Å². The van der Waals surface area contributed by atoms with Gasteiger partial charge >= 0.3 is 0 Å². The van der Waals surface area contributed by atoms with Gasteiger partial charge in [-0.15, -0.1) is 6.42 Å². The van der Waals surface area contributed by atoms with Gasteiger partial charge in [-0.25, -0.2) is 0 Å². The summed E-state index contributed by atoms with van der Waals surface area (Å²) in [5.74, 6) is 2.37. The van der Waals surface area contributed by atoms with Gasteiger partial charge in [-0.2, -0.15) is 0 Å². The fraction of sp³-hybridized carbons (Fsp3) is 0.125. The Morgan fingerprint density at radius 2 is 1.50 bits per heavy atom. The Morgan fingerprint density at radius 1 is 1.00 bits per heavy atom. The van der Waals surface area contributed by atoms with Crippen LogP contribution in [0.15, 0.2) is 48.5 Å². The average Bonchev–Trinajstić information content (AvgIpc) is 2.74. The molecule has 0 aliphatic heterocycles. The standard InChI is InChI=1S/C16H13NO/c1-2-12(18)11-17-15-9-5-3-7-13(15)14-8-4-6-10-16(14)17/h1,3-10,12,18H,11H2. The largest absolute Gasteiger partial charge is 0.378 e. The number of aromatic nitrogens is 1. The number of rotatable bonds is 2. The molecule has 2 heteroatoms. The predicted molar refractivity (Wildman–Crippen MR) is 74.3 cm³/mol. The Labute approximate surface area is 105 Å². The SMILES string of the molecule is C#CC(O)Cn1c2ccccc2c2ccccc21. The predicted octanol–water partition coefficient (Wildman–Crippen LogP) is 2.79. The maximum Gasteiger partial charge on any atom is 0.132 e. The molecule has 0 fully saturated rings. The van der Waals surface area contributed by atoms with Crippen LogP contribution in [0.1, 0.15) is 0 Å². The van der Waals surface area contributed by atoms with Gasteiger partial charge in [0.2, 0.25) is 0 Å². The second-order valence-electron chi connectivity index (χ2n) is 4.33. The van der Waals surface area contributed by atoms with E-state index >= 15 is 0 Å². The molecule has 18 heavy (non-hydrogen) atoms. The summed E-state index contributed by atoms with van der Waals surface area (Å²) in [6.45, 7) is 0.421. The second kappa shape index (κ2) is 4.21. The van der Waals surface area contributed by atoms with E-state index < -0.39 is 6.10 Å². The van der Waals surface area contributed by atoms with Crippen molar-refractivity contribution in [2.75, 3.05) is 0 Å². The van der Waals surface area contributed by atoms with Gasteiger partial charge in [0.1, 0.15) is 6.10 Å². The van der Waals surface area contributed by atoms with Crippen LogP contribution in [-0.4, -0.2) is 15.8 Å². The Morgan fingerprint density at radius 3 is 2.00 bits per heavy atom. The number of hydrogen-bond donors (Lipinski definition) is 1. The number of aliphatic hydroxyl groups is 1. The molecular formula is C16H13NO. The molecule has 88 valence electrons. The molecule has 0 radical (unpaired) electrons. The Balaban J connectivity index is 2.35. The van der Waals surface area contributed by atoms with E-state index in [9.17, 15) is 5.11 Å². The normalized spacial score (nSPS) is 12.7. The zero-order valence-electron chi connectivity index (χ0n) is 9.88. The number of nitrogens with zero attached hydrogens (tertiary/aromatic N) is 1. The highest BCUT2D eigenvalue weighted by Crippen LogP contribution is 2.28. The topological polar surface area (TPSA) is 25.2 Å². The first kappa shape index (κ1) is 10.9.